The summed E-state index contributed by atoms with van der Waals surface area (Å²) in [4.78, 5) is 0.229. The SMILES string of the molecule is CNS(=O)(=O)c1cn(C)nc1C. The molecule has 0 aliphatic rings. The Morgan fingerprint density at radius 1 is 1.58 bits per heavy atom. The van der Waals surface area contributed by atoms with E-state index in [0.29, 0.717) is 5.69 Å². The number of nitrogens with zero attached hydrogens (tertiary/aromatic N) is 2. The lowest BCUT2D eigenvalue weighted by Gasteiger charge is -1.97. The molecule has 0 aromatic carbocycles. The van der Waals surface area contributed by atoms with Gasteiger partial charge in [0.25, 0.3) is 0 Å². The zero-order valence-electron chi connectivity index (χ0n) is 7.20. The Kier molecular flexibility index (Phi) is 2.20. The predicted molar refractivity (Wildman–Crippen MR) is 44.2 cm³/mol. The van der Waals surface area contributed by atoms with Crippen LogP contribution in [0.15, 0.2) is 11.1 Å². The van der Waals surface area contributed by atoms with Crippen molar-refractivity contribution in [1.82, 2.24) is 14.5 Å². The standard InChI is InChI=1S/C6H11N3O2S/c1-5-6(4-9(3)8-5)12(10,11)7-2/h4,7H,1-3H3. The first-order valence-electron chi connectivity index (χ1n) is 3.41. The molecule has 0 spiro atoms. The van der Waals surface area contributed by atoms with Crippen molar-refractivity contribution in [3.05, 3.63) is 11.9 Å². The van der Waals surface area contributed by atoms with Crippen LogP contribution in [0.4, 0.5) is 0 Å². The quantitative estimate of drug-likeness (QED) is 0.690. The molecule has 1 rings (SSSR count). The fourth-order valence-corrected chi connectivity index (χ4v) is 1.89. The van der Waals surface area contributed by atoms with E-state index in [1.54, 1.807) is 14.0 Å². The first kappa shape index (κ1) is 9.21. The van der Waals surface area contributed by atoms with Crippen molar-refractivity contribution in [1.29, 1.82) is 0 Å². The molecule has 68 valence electrons. The second kappa shape index (κ2) is 2.87. The highest BCUT2D eigenvalue weighted by Gasteiger charge is 2.16. The average molecular weight is 189 g/mol. The molecule has 12 heavy (non-hydrogen) atoms. The van der Waals surface area contributed by atoms with Crippen molar-refractivity contribution in [2.75, 3.05) is 7.05 Å². The fourth-order valence-electron chi connectivity index (χ4n) is 0.952. The molecule has 5 nitrogen and oxygen atoms in total. The summed E-state index contributed by atoms with van der Waals surface area (Å²) in [5.41, 5.74) is 0.506. The normalized spacial score (nSPS) is 11.9. The average Bonchev–Trinajstić information content (AvgIpc) is 2.31. The van der Waals surface area contributed by atoms with Crippen molar-refractivity contribution < 1.29 is 8.42 Å². The number of sulfonamides is 1. The van der Waals surface area contributed by atoms with Crippen LogP contribution in [-0.2, 0) is 17.1 Å². The molecular weight excluding hydrogens is 178 g/mol. The van der Waals surface area contributed by atoms with Crippen LogP contribution in [0.1, 0.15) is 5.69 Å². The molecule has 0 aliphatic carbocycles. The van der Waals surface area contributed by atoms with Crippen molar-refractivity contribution in [3.63, 3.8) is 0 Å². The maximum atomic E-state index is 11.3. The van der Waals surface area contributed by atoms with E-state index in [-0.39, 0.29) is 4.90 Å². The van der Waals surface area contributed by atoms with Gasteiger partial charge in [0.05, 0.1) is 5.69 Å². The summed E-state index contributed by atoms with van der Waals surface area (Å²) in [5.74, 6) is 0. The molecule has 0 saturated carbocycles. The summed E-state index contributed by atoms with van der Waals surface area (Å²) in [5, 5.41) is 3.92. The van der Waals surface area contributed by atoms with Crippen LogP contribution in [-0.4, -0.2) is 25.2 Å². The highest BCUT2D eigenvalue weighted by Crippen LogP contribution is 2.10. The van der Waals surface area contributed by atoms with E-state index >= 15 is 0 Å². The maximum absolute atomic E-state index is 11.3. The van der Waals surface area contributed by atoms with Gasteiger partial charge in [-0.2, -0.15) is 5.10 Å². The second-order valence-electron chi connectivity index (χ2n) is 2.46. The van der Waals surface area contributed by atoms with Gasteiger partial charge >= 0.3 is 0 Å². The van der Waals surface area contributed by atoms with Gasteiger partial charge in [0.2, 0.25) is 10.0 Å². The lowest BCUT2D eigenvalue weighted by atomic mass is 10.5. The van der Waals surface area contributed by atoms with E-state index in [1.165, 1.54) is 17.9 Å². The zero-order valence-corrected chi connectivity index (χ0v) is 8.01. The molecule has 1 heterocycles. The van der Waals surface area contributed by atoms with Crippen LogP contribution in [0.2, 0.25) is 0 Å². The minimum Gasteiger partial charge on any atom is -0.274 e. The molecule has 0 radical (unpaired) electrons. The van der Waals surface area contributed by atoms with Crippen LogP contribution in [0.3, 0.4) is 0 Å². The molecule has 1 aromatic heterocycles. The molecule has 0 fully saturated rings. The number of rotatable bonds is 2. The monoisotopic (exact) mass is 189 g/mol. The Morgan fingerprint density at radius 2 is 2.17 bits per heavy atom. The van der Waals surface area contributed by atoms with Gasteiger partial charge in [-0.25, -0.2) is 13.1 Å². The summed E-state index contributed by atoms with van der Waals surface area (Å²) in [6, 6.07) is 0. The molecule has 0 amide bonds. The smallest absolute Gasteiger partial charge is 0.243 e. The molecule has 0 saturated heterocycles. The predicted octanol–water partition coefficient (Wildman–Crippen LogP) is -0.363. The topological polar surface area (TPSA) is 64.0 Å². The molecule has 1 aromatic rings. The van der Waals surface area contributed by atoms with Crippen molar-refractivity contribution in [2.24, 2.45) is 7.05 Å². The van der Waals surface area contributed by atoms with E-state index in [0.717, 1.165) is 0 Å². The lowest BCUT2D eigenvalue weighted by molar-refractivity contribution is 0.587. The van der Waals surface area contributed by atoms with Gasteiger partial charge in [-0.15, -0.1) is 0 Å². The maximum Gasteiger partial charge on any atom is 0.243 e. The van der Waals surface area contributed by atoms with Gasteiger partial charge in [0.15, 0.2) is 0 Å². The van der Waals surface area contributed by atoms with Crippen molar-refractivity contribution >= 4 is 10.0 Å². The van der Waals surface area contributed by atoms with Gasteiger partial charge in [0.1, 0.15) is 4.90 Å². The van der Waals surface area contributed by atoms with Crippen LogP contribution in [0, 0.1) is 6.92 Å². The molecule has 1 N–H and O–H groups in total. The first-order valence-corrected chi connectivity index (χ1v) is 4.89. The van der Waals surface area contributed by atoms with Gasteiger partial charge in [0, 0.05) is 13.2 Å². The Morgan fingerprint density at radius 3 is 2.50 bits per heavy atom. The lowest BCUT2D eigenvalue weighted by Crippen LogP contribution is -2.18. The van der Waals surface area contributed by atoms with E-state index in [1.807, 2.05) is 0 Å². The third kappa shape index (κ3) is 1.49. The molecule has 0 unspecified atom stereocenters. The Labute approximate surface area is 71.4 Å². The van der Waals surface area contributed by atoms with Gasteiger partial charge < -0.3 is 0 Å². The van der Waals surface area contributed by atoms with Crippen LogP contribution in [0.5, 0.6) is 0 Å². The van der Waals surface area contributed by atoms with Crippen LogP contribution >= 0.6 is 0 Å². The number of hydrogen-bond acceptors (Lipinski definition) is 3. The number of aromatic nitrogens is 2. The summed E-state index contributed by atoms with van der Waals surface area (Å²) in [7, 11) is -0.282. The third-order valence-electron chi connectivity index (χ3n) is 1.53. The molecule has 0 atom stereocenters. The molecular formula is C6H11N3O2S. The largest absolute Gasteiger partial charge is 0.274 e. The highest BCUT2D eigenvalue weighted by molar-refractivity contribution is 7.89. The Balaban J connectivity index is 3.29. The molecule has 0 aliphatic heterocycles. The number of nitrogens with one attached hydrogen (secondary N) is 1. The van der Waals surface area contributed by atoms with E-state index in [4.69, 9.17) is 0 Å². The Bertz CT molecular complexity index is 379. The van der Waals surface area contributed by atoms with Gasteiger partial charge in [-0.1, -0.05) is 0 Å². The minimum atomic E-state index is -3.34. The van der Waals surface area contributed by atoms with E-state index in [2.05, 4.69) is 9.82 Å². The third-order valence-corrected chi connectivity index (χ3v) is 3.04. The van der Waals surface area contributed by atoms with Gasteiger partial charge in [-0.3, -0.25) is 4.68 Å². The number of aryl methyl sites for hydroxylation is 2. The second-order valence-corrected chi connectivity index (χ2v) is 4.31. The summed E-state index contributed by atoms with van der Waals surface area (Å²) >= 11 is 0. The number of hydrogen-bond donors (Lipinski definition) is 1. The molecule has 6 heteroatoms. The van der Waals surface area contributed by atoms with Gasteiger partial charge in [-0.05, 0) is 14.0 Å². The zero-order chi connectivity index (χ0) is 9.35. The van der Waals surface area contributed by atoms with E-state index in [9.17, 15) is 8.42 Å². The highest BCUT2D eigenvalue weighted by atomic mass is 32.2. The van der Waals surface area contributed by atoms with Crippen molar-refractivity contribution in [2.45, 2.75) is 11.8 Å². The fraction of sp³-hybridized carbons (Fsp3) is 0.500. The Hall–Kier alpha value is -0.880. The van der Waals surface area contributed by atoms with Crippen LogP contribution in [0.25, 0.3) is 0 Å². The first-order chi connectivity index (χ1) is 5.47. The summed E-state index contributed by atoms with van der Waals surface area (Å²) in [6.07, 6.45) is 1.47. The summed E-state index contributed by atoms with van der Waals surface area (Å²) < 4.78 is 26.2. The summed E-state index contributed by atoms with van der Waals surface area (Å²) in [6.45, 7) is 1.66. The molecule has 0 bridgehead atoms. The van der Waals surface area contributed by atoms with Crippen molar-refractivity contribution in [3.8, 4) is 0 Å². The minimum absolute atomic E-state index is 0.229. The van der Waals surface area contributed by atoms with E-state index < -0.39 is 10.0 Å². The van der Waals surface area contributed by atoms with Crippen LogP contribution < -0.4 is 4.72 Å².